The van der Waals surface area contributed by atoms with E-state index in [2.05, 4.69) is 15.4 Å². The van der Waals surface area contributed by atoms with Crippen LogP contribution in [0.25, 0.3) is 0 Å². The number of aliphatic hydroxyl groups is 1. The number of tetrazole rings is 1. The molecule has 1 atom stereocenters. The standard InChI is InChI=1S/C19H20N4O4/c1-23-21-18(20-22-23)11-16(24)13-26-17-9-7-15(8-10-17)19(25)27-12-14-5-3-2-4-6-14/h2-10,16,24H,11-13H2,1H3/t16-/m1/s1. The van der Waals surface area contributed by atoms with Crippen molar-refractivity contribution in [2.24, 2.45) is 7.05 Å². The van der Waals surface area contributed by atoms with E-state index in [1.807, 2.05) is 30.3 Å². The van der Waals surface area contributed by atoms with E-state index in [1.54, 1.807) is 31.3 Å². The number of rotatable bonds is 8. The van der Waals surface area contributed by atoms with Gasteiger partial charge < -0.3 is 14.6 Å². The molecule has 1 aromatic heterocycles. The summed E-state index contributed by atoms with van der Waals surface area (Å²) in [5, 5.41) is 21.5. The summed E-state index contributed by atoms with van der Waals surface area (Å²) < 4.78 is 10.8. The molecule has 0 unspecified atom stereocenters. The number of carbonyl (C=O) groups excluding carboxylic acids is 1. The second-order valence-electron chi connectivity index (χ2n) is 5.95. The molecule has 0 amide bonds. The van der Waals surface area contributed by atoms with Crippen molar-refractivity contribution in [2.75, 3.05) is 6.61 Å². The molecule has 1 heterocycles. The van der Waals surface area contributed by atoms with Crippen molar-refractivity contribution in [3.05, 3.63) is 71.5 Å². The van der Waals surface area contributed by atoms with Gasteiger partial charge in [-0.15, -0.1) is 10.2 Å². The van der Waals surface area contributed by atoms with Crippen LogP contribution in [-0.2, 0) is 24.8 Å². The van der Waals surface area contributed by atoms with Crippen molar-refractivity contribution in [1.82, 2.24) is 20.2 Å². The van der Waals surface area contributed by atoms with Crippen molar-refractivity contribution in [2.45, 2.75) is 19.1 Å². The van der Waals surface area contributed by atoms with E-state index in [-0.39, 0.29) is 19.6 Å². The highest BCUT2D eigenvalue weighted by Gasteiger charge is 2.12. The third kappa shape index (κ3) is 5.61. The Labute approximate surface area is 156 Å². The highest BCUT2D eigenvalue weighted by molar-refractivity contribution is 5.89. The van der Waals surface area contributed by atoms with Gasteiger partial charge in [0, 0.05) is 6.42 Å². The average Bonchev–Trinajstić information content (AvgIpc) is 3.10. The number of esters is 1. The fraction of sp³-hybridized carbons (Fsp3) is 0.263. The monoisotopic (exact) mass is 368 g/mol. The van der Waals surface area contributed by atoms with E-state index in [1.165, 1.54) is 4.80 Å². The molecule has 0 aliphatic rings. The van der Waals surface area contributed by atoms with Crippen molar-refractivity contribution in [3.8, 4) is 5.75 Å². The molecule has 0 saturated heterocycles. The Bertz CT molecular complexity index is 865. The summed E-state index contributed by atoms with van der Waals surface area (Å²) in [5.41, 5.74) is 1.36. The molecule has 0 aliphatic carbocycles. The van der Waals surface area contributed by atoms with Crippen LogP contribution in [0.5, 0.6) is 5.75 Å². The SMILES string of the molecule is Cn1nnc(C[C@@H](O)COc2ccc(C(=O)OCc3ccccc3)cc2)n1. The van der Waals surface area contributed by atoms with Gasteiger partial charge in [0.2, 0.25) is 0 Å². The molecule has 0 aliphatic heterocycles. The van der Waals surface area contributed by atoms with Crippen LogP contribution in [0.4, 0.5) is 0 Å². The van der Waals surface area contributed by atoms with Crippen LogP contribution < -0.4 is 4.74 Å². The number of ether oxygens (including phenoxy) is 2. The first-order chi connectivity index (χ1) is 13.1. The van der Waals surface area contributed by atoms with Crippen molar-refractivity contribution in [3.63, 3.8) is 0 Å². The Hall–Kier alpha value is -3.26. The lowest BCUT2D eigenvalue weighted by Crippen LogP contribution is -2.21. The van der Waals surface area contributed by atoms with E-state index >= 15 is 0 Å². The molecular weight excluding hydrogens is 348 g/mol. The minimum atomic E-state index is -0.760. The summed E-state index contributed by atoms with van der Waals surface area (Å²) in [7, 11) is 1.66. The number of carbonyl (C=O) groups is 1. The Morgan fingerprint density at radius 2 is 1.89 bits per heavy atom. The number of aromatic nitrogens is 4. The first-order valence-electron chi connectivity index (χ1n) is 8.45. The highest BCUT2D eigenvalue weighted by atomic mass is 16.5. The predicted octanol–water partition coefficient (Wildman–Crippen LogP) is 1.55. The maximum atomic E-state index is 12.1. The van der Waals surface area contributed by atoms with E-state index in [0.717, 1.165) is 5.56 Å². The molecular formula is C19H20N4O4. The van der Waals surface area contributed by atoms with Gasteiger partial charge in [0.05, 0.1) is 18.7 Å². The van der Waals surface area contributed by atoms with Gasteiger partial charge in [-0.1, -0.05) is 30.3 Å². The molecule has 140 valence electrons. The van der Waals surface area contributed by atoms with Gasteiger partial charge in [0.25, 0.3) is 0 Å². The largest absolute Gasteiger partial charge is 0.491 e. The molecule has 8 nitrogen and oxygen atoms in total. The van der Waals surface area contributed by atoms with Crippen LogP contribution >= 0.6 is 0 Å². The summed E-state index contributed by atoms with van der Waals surface area (Å²) in [6.07, 6.45) is -0.512. The number of hydrogen-bond donors (Lipinski definition) is 1. The quantitative estimate of drug-likeness (QED) is 0.602. The number of nitrogens with zero attached hydrogens (tertiary/aromatic N) is 4. The molecule has 0 fully saturated rings. The van der Waals surface area contributed by atoms with Gasteiger partial charge >= 0.3 is 5.97 Å². The van der Waals surface area contributed by atoms with Crippen LogP contribution in [0, 0.1) is 0 Å². The van der Waals surface area contributed by atoms with Gasteiger partial charge in [0.1, 0.15) is 19.0 Å². The molecule has 0 bridgehead atoms. The summed E-state index contributed by atoms with van der Waals surface area (Å²) >= 11 is 0. The first-order valence-corrected chi connectivity index (χ1v) is 8.45. The van der Waals surface area contributed by atoms with Crippen LogP contribution in [0.2, 0.25) is 0 Å². The summed E-state index contributed by atoms with van der Waals surface area (Å²) in [6.45, 7) is 0.302. The minimum absolute atomic E-state index is 0.0794. The fourth-order valence-corrected chi connectivity index (χ4v) is 2.36. The predicted molar refractivity (Wildman–Crippen MR) is 96.0 cm³/mol. The van der Waals surface area contributed by atoms with Crippen LogP contribution in [0.1, 0.15) is 21.7 Å². The van der Waals surface area contributed by atoms with E-state index in [0.29, 0.717) is 17.1 Å². The number of aliphatic hydroxyl groups excluding tert-OH is 1. The normalized spacial score (nSPS) is 11.8. The van der Waals surface area contributed by atoms with Crippen molar-refractivity contribution in [1.29, 1.82) is 0 Å². The lowest BCUT2D eigenvalue weighted by Gasteiger charge is -2.11. The highest BCUT2D eigenvalue weighted by Crippen LogP contribution is 2.14. The summed E-state index contributed by atoms with van der Waals surface area (Å²) in [6, 6.07) is 16.1. The molecule has 0 radical (unpaired) electrons. The zero-order valence-corrected chi connectivity index (χ0v) is 14.9. The molecule has 27 heavy (non-hydrogen) atoms. The zero-order valence-electron chi connectivity index (χ0n) is 14.9. The topological polar surface area (TPSA) is 99.4 Å². The van der Waals surface area contributed by atoms with E-state index < -0.39 is 12.1 Å². The van der Waals surface area contributed by atoms with E-state index in [4.69, 9.17) is 9.47 Å². The van der Waals surface area contributed by atoms with Gasteiger partial charge in [0.15, 0.2) is 5.82 Å². The molecule has 0 spiro atoms. The average molecular weight is 368 g/mol. The van der Waals surface area contributed by atoms with Gasteiger partial charge in [-0.25, -0.2) is 4.79 Å². The van der Waals surface area contributed by atoms with Crippen molar-refractivity contribution < 1.29 is 19.4 Å². The fourth-order valence-electron chi connectivity index (χ4n) is 2.36. The second-order valence-corrected chi connectivity index (χ2v) is 5.95. The van der Waals surface area contributed by atoms with Crippen LogP contribution in [0.3, 0.4) is 0 Å². The first kappa shape index (κ1) is 18.5. The Balaban J connectivity index is 1.45. The van der Waals surface area contributed by atoms with Crippen LogP contribution in [0.15, 0.2) is 54.6 Å². The third-order valence-corrected chi connectivity index (χ3v) is 3.71. The van der Waals surface area contributed by atoms with Gasteiger partial charge in [-0.3, -0.25) is 0 Å². The lowest BCUT2D eigenvalue weighted by molar-refractivity contribution is 0.0472. The summed E-state index contributed by atoms with van der Waals surface area (Å²) in [5.74, 6) is 0.588. The third-order valence-electron chi connectivity index (χ3n) is 3.71. The Morgan fingerprint density at radius 1 is 1.15 bits per heavy atom. The molecule has 3 rings (SSSR count). The minimum Gasteiger partial charge on any atom is -0.491 e. The molecule has 2 aromatic carbocycles. The molecule has 3 aromatic rings. The molecule has 1 N–H and O–H groups in total. The van der Waals surface area contributed by atoms with Crippen LogP contribution in [-0.4, -0.2) is 44.0 Å². The van der Waals surface area contributed by atoms with Gasteiger partial charge in [-0.05, 0) is 35.0 Å². The Morgan fingerprint density at radius 3 is 2.56 bits per heavy atom. The molecule has 8 heteroatoms. The Kier molecular flexibility index (Phi) is 6.11. The number of benzene rings is 2. The summed E-state index contributed by atoms with van der Waals surface area (Å²) in [4.78, 5) is 13.4. The number of aryl methyl sites for hydroxylation is 1. The smallest absolute Gasteiger partial charge is 0.338 e. The van der Waals surface area contributed by atoms with E-state index in [9.17, 15) is 9.90 Å². The van der Waals surface area contributed by atoms with Crippen molar-refractivity contribution >= 4 is 5.97 Å². The second kappa shape index (κ2) is 8.91. The lowest BCUT2D eigenvalue weighted by atomic mass is 10.2. The maximum Gasteiger partial charge on any atom is 0.338 e. The maximum absolute atomic E-state index is 12.1. The van der Waals surface area contributed by atoms with Gasteiger partial charge in [-0.2, -0.15) is 4.80 Å². The number of hydrogen-bond acceptors (Lipinski definition) is 7. The molecule has 0 saturated carbocycles. The zero-order chi connectivity index (χ0) is 19.1.